The van der Waals surface area contributed by atoms with Crippen molar-refractivity contribution in [2.45, 2.75) is 19.5 Å². The molecule has 0 aromatic heterocycles. The summed E-state index contributed by atoms with van der Waals surface area (Å²) >= 11 is 0. The first-order valence-corrected chi connectivity index (χ1v) is 7.70. The highest BCUT2D eigenvalue weighted by molar-refractivity contribution is 6.39. The third kappa shape index (κ3) is 5.44. The van der Waals surface area contributed by atoms with Crippen LogP contribution in [0.3, 0.4) is 0 Å². The van der Waals surface area contributed by atoms with Gasteiger partial charge in [-0.2, -0.15) is 18.3 Å². The average molecular weight is 363 g/mol. The maximum Gasteiger partial charge on any atom is 0.416 e. The van der Waals surface area contributed by atoms with Crippen molar-refractivity contribution >= 4 is 23.7 Å². The van der Waals surface area contributed by atoms with Crippen LogP contribution in [-0.4, -0.2) is 18.0 Å². The molecule has 8 heteroatoms. The van der Waals surface area contributed by atoms with Gasteiger partial charge in [0.2, 0.25) is 0 Å². The van der Waals surface area contributed by atoms with Crippen molar-refractivity contribution in [3.63, 3.8) is 0 Å². The van der Waals surface area contributed by atoms with Gasteiger partial charge in [-0.15, -0.1) is 0 Å². The van der Waals surface area contributed by atoms with E-state index in [1.165, 1.54) is 12.3 Å². The largest absolute Gasteiger partial charge is 0.416 e. The monoisotopic (exact) mass is 363 g/mol. The fourth-order valence-corrected chi connectivity index (χ4v) is 2.02. The number of carbonyl (C=O) groups is 2. The Kier molecular flexibility index (Phi) is 6.11. The van der Waals surface area contributed by atoms with Crippen molar-refractivity contribution in [3.8, 4) is 0 Å². The molecule has 5 nitrogen and oxygen atoms in total. The Labute approximate surface area is 147 Å². The topological polar surface area (TPSA) is 70.6 Å². The molecule has 2 aromatic carbocycles. The van der Waals surface area contributed by atoms with Crippen LogP contribution in [0, 0.1) is 0 Å². The van der Waals surface area contributed by atoms with E-state index in [1.54, 1.807) is 12.1 Å². The molecule has 0 heterocycles. The second-order valence-electron chi connectivity index (χ2n) is 5.33. The lowest BCUT2D eigenvalue weighted by atomic mass is 10.1. The first-order valence-electron chi connectivity index (χ1n) is 7.70. The van der Waals surface area contributed by atoms with Gasteiger partial charge in [-0.05, 0) is 35.7 Å². The van der Waals surface area contributed by atoms with E-state index in [1.807, 2.05) is 24.5 Å². The number of amides is 2. The predicted octanol–water partition coefficient (Wildman–Crippen LogP) is 3.36. The number of alkyl halides is 3. The lowest BCUT2D eigenvalue weighted by Crippen LogP contribution is -2.32. The SMILES string of the molecule is CCc1ccc(C=NNC(=O)C(=O)Nc2cccc(C(F)(F)F)c2)cc1. The average Bonchev–Trinajstić information content (AvgIpc) is 2.61. The molecule has 26 heavy (non-hydrogen) atoms. The third-order valence-electron chi connectivity index (χ3n) is 3.42. The molecule has 2 aromatic rings. The van der Waals surface area contributed by atoms with Gasteiger partial charge in [0.1, 0.15) is 0 Å². The second kappa shape index (κ2) is 8.28. The summed E-state index contributed by atoms with van der Waals surface area (Å²) in [4.78, 5) is 23.4. The number of nitrogens with zero attached hydrogens (tertiary/aromatic N) is 1. The summed E-state index contributed by atoms with van der Waals surface area (Å²) in [7, 11) is 0. The standard InChI is InChI=1S/C18H16F3N3O2/c1-2-12-6-8-13(9-7-12)11-22-24-17(26)16(25)23-15-5-3-4-14(10-15)18(19,20)21/h3-11H,2H2,1H3,(H,23,25)(H,24,26). The van der Waals surface area contributed by atoms with Gasteiger partial charge in [0.05, 0.1) is 11.8 Å². The van der Waals surface area contributed by atoms with Crippen molar-refractivity contribution in [1.29, 1.82) is 0 Å². The van der Waals surface area contributed by atoms with Crippen molar-refractivity contribution in [1.82, 2.24) is 5.43 Å². The molecule has 0 aliphatic carbocycles. The Bertz CT molecular complexity index is 815. The fraction of sp³-hybridized carbons (Fsp3) is 0.167. The number of carbonyl (C=O) groups excluding carboxylic acids is 2. The number of aryl methyl sites for hydroxylation is 1. The van der Waals surface area contributed by atoms with E-state index in [4.69, 9.17) is 0 Å². The molecular weight excluding hydrogens is 347 g/mol. The molecule has 0 spiro atoms. The van der Waals surface area contributed by atoms with Crippen LogP contribution in [-0.2, 0) is 22.2 Å². The van der Waals surface area contributed by atoms with Crippen LogP contribution in [0.1, 0.15) is 23.6 Å². The molecule has 0 atom stereocenters. The molecule has 0 fully saturated rings. The van der Waals surface area contributed by atoms with Gasteiger partial charge >= 0.3 is 18.0 Å². The molecule has 0 aliphatic rings. The molecule has 2 rings (SSSR count). The van der Waals surface area contributed by atoms with E-state index in [9.17, 15) is 22.8 Å². The van der Waals surface area contributed by atoms with Crippen molar-refractivity contribution in [3.05, 3.63) is 65.2 Å². The number of hydrogen-bond donors (Lipinski definition) is 2. The highest BCUT2D eigenvalue weighted by Gasteiger charge is 2.30. The zero-order chi connectivity index (χ0) is 19.2. The highest BCUT2D eigenvalue weighted by Crippen LogP contribution is 2.30. The van der Waals surface area contributed by atoms with Gasteiger partial charge < -0.3 is 5.32 Å². The molecule has 0 radical (unpaired) electrons. The number of hydrazone groups is 1. The summed E-state index contributed by atoms with van der Waals surface area (Å²) in [5.74, 6) is -2.22. The molecule has 0 unspecified atom stereocenters. The maximum absolute atomic E-state index is 12.6. The number of nitrogens with one attached hydrogen (secondary N) is 2. The van der Waals surface area contributed by atoms with Gasteiger partial charge in [-0.3, -0.25) is 9.59 Å². The van der Waals surface area contributed by atoms with Gasteiger partial charge in [0, 0.05) is 5.69 Å². The van der Waals surface area contributed by atoms with Gasteiger partial charge in [0.25, 0.3) is 0 Å². The number of rotatable bonds is 4. The third-order valence-corrected chi connectivity index (χ3v) is 3.42. The van der Waals surface area contributed by atoms with Crippen LogP contribution >= 0.6 is 0 Å². The summed E-state index contributed by atoms with van der Waals surface area (Å²) in [6, 6.07) is 11.4. The van der Waals surface area contributed by atoms with E-state index in [-0.39, 0.29) is 5.69 Å². The molecule has 136 valence electrons. The van der Waals surface area contributed by atoms with Crippen LogP contribution in [0.4, 0.5) is 18.9 Å². The quantitative estimate of drug-likeness (QED) is 0.497. The molecule has 2 amide bonds. The summed E-state index contributed by atoms with van der Waals surface area (Å²) in [5.41, 5.74) is 2.82. The van der Waals surface area contributed by atoms with Crippen molar-refractivity contribution < 1.29 is 22.8 Å². The Morgan fingerprint density at radius 2 is 1.77 bits per heavy atom. The van der Waals surface area contributed by atoms with E-state index in [0.29, 0.717) is 0 Å². The fourth-order valence-electron chi connectivity index (χ4n) is 2.02. The smallest absolute Gasteiger partial charge is 0.318 e. The first-order chi connectivity index (χ1) is 12.3. The minimum absolute atomic E-state index is 0.140. The summed E-state index contributed by atoms with van der Waals surface area (Å²) < 4.78 is 37.9. The minimum atomic E-state index is -4.54. The Hall–Kier alpha value is -3.16. The zero-order valence-electron chi connectivity index (χ0n) is 13.8. The molecule has 0 aliphatic heterocycles. The number of benzene rings is 2. The van der Waals surface area contributed by atoms with Gasteiger partial charge in [0.15, 0.2) is 0 Å². The molecule has 0 saturated heterocycles. The predicted molar refractivity (Wildman–Crippen MR) is 91.6 cm³/mol. The minimum Gasteiger partial charge on any atom is -0.318 e. The molecule has 2 N–H and O–H groups in total. The van der Waals surface area contributed by atoms with Crippen molar-refractivity contribution in [2.24, 2.45) is 5.10 Å². The summed E-state index contributed by atoms with van der Waals surface area (Å²) in [5, 5.41) is 5.74. The molecular formula is C18H16F3N3O2. The van der Waals surface area contributed by atoms with Crippen LogP contribution in [0.15, 0.2) is 53.6 Å². The maximum atomic E-state index is 12.6. The van der Waals surface area contributed by atoms with Crippen molar-refractivity contribution in [2.75, 3.05) is 5.32 Å². The van der Waals surface area contributed by atoms with Crippen LogP contribution in [0.25, 0.3) is 0 Å². The zero-order valence-corrected chi connectivity index (χ0v) is 13.8. The summed E-state index contributed by atoms with van der Waals surface area (Å²) in [6.07, 6.45) is -2.29. The van der Waals surface area contributed by atoms with Crippen LogP contribution < -0.4 is 10.7 Å². The Morgan fingerprint density at radius 1 is 1.08 bits per heavy atom. The number of halogens is 3. The Morgan fingerprint density at radius 3 is 2.38 bits per heavy atom. The Balaban J connectivity index is 1.93. The lowest BCUT2D eigenvalue weighted by Gasteiger charge is -2.09. The molecule has 0 bridgehead atoms. The molecule has 0 saturated carbocycles. The normalized spacial score (nSPS) is 11.4. The first kappa shape index (κ1) is 19.2. The van der Waals surface area contributed by atoms with Gasteiger partial charge in [-0.1, -0.05) is 37.3 Å². The number of hydrogen-bond acceptors (Lipinski definition) is 3. The summed E-state index contributed by atoms with van der Waals surface area (Å²) in [6.45, 7) is 2.02. The van der Waals surface area contributed by atoms with E-state index >= 15 is 0 Å². The highest BCUT2D eigenvalue weighted by atomic mass is 19.4. The van der Waals surface area contributed by atoms with Crippen LogP contribution in [0.2, 0.25) is 0 Å². The van der Waals surface area contributed by atoms with Gasteiger partial charge in [-0.25, -0.2) is 5.43 Å². The number of anilines is 1. The van der Waals surface area contributed by atoms with E-state index in [2.05, 4.69) is 10.4 Å². The van der Waals surface area contributed by atoms with Crippen LogP contribution in [0.5, 0.6) is 0 Å². The van der Waals surface area contributed by atoms with E-state index < -0.39 is 23.6 Å². The van der Waals surface area contributed by atoms with E-state index in [0.717, 1.165) is 35.7 Å². The second-order valence-corrected chi connectivity index (χ2v) is 5.33. The lowest BCUT2D eigenvalue weighted by molar-refractivity contribution is -0.137.